The van der Waals surface area contributed by atoms with Gasteiger partial charge >= 0.3 is 0 Å². The molecule has 0 N–H and O–H groups in total. The number of benzene rings is 1. The number of allylic oxidation sites excluding steroid dienone is 1. The van der Waals surface area contributed by atoms with E-state index in [1.807, 2.05) is 30.3 Å². The summed E-state index contributed by atoms with van der Waals surface area (Å²) in [5.74, 6) is 0.874. The zero-order valence-corrected chi connectivity index (χ0v) is 10.8. The highest BCUT2D eigenvalue weighted by molar-refractivity contribution is 6.31. The molecule has 0 amide bonds. The third-order valence-electron chi connectivity index (χ3n) is 2.46. The highest BCUT2D eigenvalue weighted by atomic mass is 35.5. The lowest BCUT2D eigenvalue weighted by atomic mass is 10.1. The molecule has 1 nitrogen and oxygen atoms in total. The summed E-state index contributed by atoms with van der Waals surface area (Å²) in [6.45, 7) is 2.20. The molecule has 0 spiro atoms. The number of hydrogen-bond donors (Lipinski definition) is 0. The summed E-state index contributed by atoms with van der Waals surface area (Å²) < 4.78 is 5.10. The molecule has 0 aliphatic carbocycles. The van der Waals surface area contributed by atoms with E-state index >= 15 is 0 Å². The lowest BCUT2D eigenvalue weighted by Crippen LogP contribution is -1.82. The molecule has 2 heteroatoms. The van der Waals surface area contributed by atoms with Crippen LogP contribution < -0.4 is 4.74 Å². The van der Waals surface area contributed by atoms with Gasteiger partial charge in [-0.05, 0) is 36.6 Å². The molecule has 0 bridgehead atoms. The van der Waals surface area contributed by atoms with Crippen LogP contribution in [0, 0.1) is 0 Å². The highest BCUT2D eigenvalue weighted by Gasteiger charge is 1.95. The molecule has 0 fully saturated rings. The van der Waals surface area contributed by atoms with Gasteiger partial charge in [-0.1, -0.05) is 43.5 Å². The van der Waals surface area contributed by atoms with Crippen molar-refractivity contribution in [3.63, 3.8) is 0 Å². The Labute approximate surface area is 103 Å². The first-order chi connectivity index (χ1) is 7.76. The number of methoxy groups -OCH3 is 1. The van der Waals surface area contributed by atoms with Gasteiger partial charge in [0, 0.05) is 5.03 Å². The van der Waals surface area contributed by atoms with Gasteiger partial charge in [0.15, 0.2) is 0 Å². The topological polar surface area (TPSA) is 9.23 Å². The lowest BCUT2D eigenvalue weighted by Gasteiger charge is -2.01. The zero-order chi connectivity index (χ0) is 11.8. The van der Waals surface area contributed by atoms with Gasteiger partial charge in [0.2, 0.25) is 0 Å². The fraction of sp³-hybridized carbons (Fsp3) is 0.429. The average Bonchev–Trinajstić information content (AvgIpc) is 2.30. The second kappa shape index (κ2) is 7.34. The van der Waals surface area contributed by atoms with E-state index in [9.17, 15) is 0 Å². The van der Waals surface area contributed by atoms with Crippen LogP contribution in [0.5, 0.6) is 5.75 Å². The van der Waals surface area contributed by atoms with Crippen molar-refractivity contribution in [2.24, 2.45) is 0 Å². The van der Waals surface area contributed by atoms with Crippen molar-refractivity contribution in [1.29, 1.82) is 0 Å². The van der Waals surface area contributed by atoms with Gasteiger partial charge in [0.25, 0.3) is 0 Å². The maximum atomic E-state index is 6.15. The third-order valence-corrected chi connectivity index (χ3v) is 2.76. The van der Waals surface area contributed by atoms with E-state index < -0.39 is 0 Å². The summed E-state index contributed by atoms with van der Waals surface area (Å²) in [5, 5.41) is 0.929. The van der Waals surface area contributed by atoms with Crippen LogP contribution in [0.1, 0.15) is 38.2 Å². The Balaban J connectivity index is 2.52. The Morgan fingerprint density at radius 1 is 1.25 bits per heavy atom. The summed E-state index contributed by atoms with van der Waals surface area (Å²) in [6, 6.07) is 7.92. The molecule has 1 aromatic rings. The molecule has 0 radical (unpaired) electrons. The summed E-state index contributed by atoms with van der Waals surface area (Å²) in [4.78, 5) is 0. The number of ether oxygens (including phenoxy) is 1. The molecular weight excluding hydrogens is 220 g/mol. The minimum Gasteiger partial charge on any atom is -0.497 e. The van der Waals surface area contributed by atoms with Crippen molar-refractivity contribution in [3.8, 4) is 5.75 Å². The maximum Gasteiger partial charge on any atom is 0.118 e. The molecule has 1 rings (SSSR count). The predicted molar refractivity (Wildman–Crippen MR) is 71.0 cm³/mol. The van der Waals surface area contributed by atoms with Gasteiger partial charge in [0.05, 0.1) is 7.11 Å². The number of halogens is 1. The van der Waals surface area contributed by atoms with Crippen LogP contribution in [0.15, 0.2) is 29.3 Å². The standard InChI is InChI=1S/C14H19ClO/c1-3-4-5-6-13(15)11-12-7-9-14(16-2)10-8-12/h7-11H,3-6H2,1-2H3/b13-11-. The largest absolute Gasteiger partial charge is 0.497 e. The quantitative estimate of drug-likeness (QED) is 0.644. The molecule has 0 aliphatic heterocycles. The van der Waals surface area contributed by atoms with E-state index in [1.54, 1.807) is 7.11 Å². The van der Waals surface area contributed by atoms with E-state index in [0.717, 1.165) is 22.8 Å². The van der Waals surface area contributed by atoms with Crippen molar-refractivity contribution >= 4 is 17.7 Å². The van der Waals surface area contributed by atoms with Crippen molar-refractivity contribution in [2.45, 2.75) is 32.6 Å². The van der Waals surface area contributed by atoms with E-state index in [4.69, 9.17) is 16.3 Å². The van der Waals surface area contributed by atoms with Gasteiger partial charge in [-0.15, -0.1) is 0 Å². The van der Waals surface area contributed by atoms with Crippen molar-refractivity contribution in [3.05, 3.63) is 34.9 Å². The Bertz CT molecular complexity index is 327. The fourth-order valence-corrected chi connectivity index (χ4v) is 1.76. The first kappa shape index (κ1) is 13.1. The molecule has 16 heavy (non-hydrogen) atoms. The highest BCUT2D eigenvalue weighted by Crippen LogP contribution is 2.19. The Morgan fingerprint density at radius 3 is 2.50 bits per heavy atom. The number of hydrogen-bond acceptors (Lipinski definition) is 1. The van der Waals surface area contributed by atoms with Crippen LogP contribution >= 0.6 is 11.6 Å². The molecule has 0 atom stereocenters. The van der Waals surface area contributed by atoms with Gasteiger partial charge in [-0.3, -0.25) is 0 Å². The fourth-order valence-electron chi connectivity index (χ4n) is 1.50. The lowest BCUT2D eigenvalue weighted by molar-refractivity contribution is 0.415. The van der Waals surface area contributed by atoms with E-state index in [2.05, 4.69) is 6.92 Å². The number of rotatable bonds is 6. The summed E-state index contributed by atoms with van der Waals surface area (Å²) >= 11 is 6.15. The van der Waals surface area contributed by atoms with Gasteiger partial charge in [0.1, 0.15) is 5.75 Å². The number of unbranched alkanes of at least 4 members (excludes halogenated alkanes) is 2. The van der Waals surface area contributed by atoms with Crippen molar-refractivity contribution in [2.75, 3.05) is 7.11 Å². The molecule has 0 saturated heterocycles. The van der Waals surface area contributed by atoms with Gasteiger partial charge in [-0.25, -0.2) is 0 Å². The average molecular weight is 239 g/mol. The molecule has 88 valence electrons. The Morgan fingerprint density at radius 2 is 1.94 bits per heavy atom. The minimum atomic E-state index is 0.874. The van der Waals surface area contributed by atoms with Gasteiger partial charge in [-0.2, -0.15) is 0 Å². The monoisotopic (exact) mass is 238 g/mol. The Hall–Kier alpha value is -0.950. The smallest absolute Gasteiger partial charge is 0.118 e. The molecule has 0 heterocycles. The normalized spacial score (nSPS) is 11.6. The first-order valence-corrected chi connectivity index (χ1v) is 6.14. The van der Waals surface area contributed by atoms with Crippen LogP contribution in [0.3, 0.4) is 0 Å². The maximum absolute atomic E-state index is 6.15. The van der Waals surface area contributed by atoms with Crippen molar-refractivity contribution < 1.29 is 4.74 Å². The third kappa shape index (κ3) is 4.71. The van der Waals surface area contributed by atoms with Gasteiger partial charge < -0.3 is 4.74 Å². The van der Waals surface area contributed by atoms with Crippen molar-refractivity contribution in [1.82, 2.24) is 0 Å². The molecule has 1 aromatic carbocycles. The van der Waals surface area contributed by atoms with Crippen LogP contribution in [0.4, 0.5) is 0 Å². The molecule has 0 aromatic heterocycles. The van der Waals surface area contributed by atoms with Crippen LogP contribution in [-0.4, -0.2) is 7.11 Å². The molecule has 0 aliphatic rings. The van der Waals surface area contributed by atoms with Crippen LogP contribution in [0.25, 0.3) is 6.08 Å². The molecular formula is C14H19ClO. The Kier molecular flexibility index (Phi) is 6.02. The van der Waals surface area contributed by atoms with Crippen LogP contribution in [0.2, 0.25) is 0 Å². The first-order valence-electron chi connectivity index (χ1n) is 5.76. The molecule has 0 saturated carbocycles. The second-order valence-electron chi connectivity index (χ2n) is 3.82. The minimum absolute atomic E-state index is 0.874. The predicted octanol–water partition coefficient (Wildman–Crippen LogP) is 4.86. The summed E-state index contributed by atoms with van der Waals surface area (Å²) in [7, 11) is 1.67. The van der Waals surface area contributed by atoms with E-state index in [1.165, 1.54) is 19.3 Å². The van der Waals surface area contributed by atoms with E-state index in [-0.39, 0.29) is 0 Å². The van der Waals surface area contributed by atoms with E-state index in [0.29, 0.717) is 0 Å². The zero-order valence-electron chi connectivity index (χ0n) is 10.0. The SMILES string of the molecule is CCCCC/C(Cl)=C/c1ccc(OC)cc1. The molecule has 0 unspecified atom stereocenters. The summed E-state index contributed by atoms with van der Waals surface area (Å²) in [6.07, 6.45) is 6.64. The second-order valence-corrected chi connectivity index (χ2v) is 4.31. The summed E-state index contributed by atoms with van der Waals surface area (Å²) in [5.41, 5.74) is 1.13. The van der Waals surface area contributed by atoms with Crippen LogP contribution in [-0.2, 0) is 0 Å².